The number of likely N-dealkylation sites (tertiary alicyclic amines) is 1. The molecule has 7 nitrogen and oxygen atoms in total. The van der Waals surface area contributed by atoms with Crippen LogP contribution in [0.1, 0.15) is 37.3 Å². The Balaban J connectivity index is 1.60. The zero-order chi connectivity index (χ0) is 23.1. The van der Waals surface area contributed by atoms with Gasteiger partial charge in [0.2, 0.25) is 15.9 Å². The Morgan fingerprint density at radius 3 is 2.19 bits per heavy atom. The Morgan fingerprint density at radius 2 is 1.62 bits per heavy atom. The average Bonchev–Trinajstić information content (AvgIpc) is 2.78. The van der Waals surface area contributed by atoms with E-state index in [0.29, 0.717) is 18.0 Å². The van der Waals surface area contributed by atoms with E-state index in [1.165, 1.54) is 24.8 Å². The van der Waals surface area contributed by atoms with Crippen molar-refractivity contribution in [1.82, 2.24) is 10.2 Å². The Labute approximate surface area is 191 Å². The molecule has 1 aliphatic rings. The van der Waals surface area contributed by atoms with E-state index in [2.05, 4.69) is 22.3 Å². The average molecular weight is 460 g/mol. The largest absolute Gasteiger partial charge is 0.497 e. The predicted molar refractivity (Wildman–Crippen MR) is 127 cm³/mol. The van der Waals surface area contributed by atoms with Crippen LogP contribution in [0.3, 0.4) is 0 Å². The third-order valence-corrected chi connectivity index (χ3v) is 7.00. The summed E-state index contributed by atoms with van der Waals surface area (Å²) in [6, 6.07) is 13.9. The molecule has 0 radical (unpaired) electrons. The van der Waals surface area contributed by atoms with E-state index in [1.54, 1.807) is 38.3 Å². The van der Waals surface area contributed by atoms with Gasteiger partial charge in [0.15, 0.2) is 0 Å². The Kier molecular flexibility index (Phi) is 8.15. The van der Waals surface area contributed by atoms with Crippen LogP contribution < -0.4 is 14.4 Å². The van der Waals surface area contributed by atoms with Crippen molar-refractivity contribution in [2.75, 3.05) is 30.8 Å². The van der Waals surface area contributed by atoms with Crippen molar-refractivity contribution in [3.05, 3.63) is 59.7 Å². The highest BCUT2D eigenvalue weighted by atomic mass is 32.2. The number of carbonyl (C=O) groups is 1. The van der Waals surface area contributed by atoms with Gasteiger partial charge in [-0.15, -0.1) is 0 Å². The minimum atomic E-state index is -3.66. The van der Waals surface area contributed by atoms with E-state index in [4.69, 9.17) is 4.74 Å². The fourth-order valence-electron chi connectivity index (χ4n) is 4.01. The van der Waals surface area contributed by atoms with Crippen molar-refractivity contribution in [2.24, 2.45) is 0 Å². The number of anilines is 1. The zero-order valence-electron chi connectivity index (χ0n) is 19.1. The molecular weight excluding hydrogens is 426 g/mol. The number of nitrogens with one attached hydrogen (secondary N) is 1. The van der Waals surface area contributed by atoms with Crippen LogP contribution in [0.5, 0.6) is 5.75 Å². The molecule has 0 aliphatic carbocycles. The highest BCUT2D eigenvalue weighted by molar-refractivity contribution is 7.92. The van der Waals surface area contributed by atoms with Crippen molar-refractivity contribution in [3.63, 3.8) is 0 Å². The number of hydrogen-bond acceptors (Lipinski definition) is 5. The van der Waals surface area contributed by atoms with Gasteiger partial charge in [-0.2, -0.15) is 0 Å². The van der Waals surface area contributed by atoms with Crippen molar-refractivity contribution in [2.45, 2.75) is 45.3 Å². The topological polar surface area (TPSA) is 79.0 Å². The summed E-state index contributed by atoms with van der Waals surface area (Å²) < 4.78 is 31.1. The third-order valence-electron chi connectivity index (χ3n) is 5.76. The number of rotatable bonds is 9. The molecular formula is C24H33N3O4S. The molecule has 1 N–H and O–H groups in total. The van der Waals surface area contributed by atoms with Crippen molar-refractivity contribution >= 4 is 21.6 Å². The minimum Gasteiger partial charge on any atom is -0.497 e. The quantitative estimate of drug-likeness (QED) is 0.623. The summed E-state index contributed by atoms with van der Waals surface area (Å²) in [5, 5.41) is 2.86. The van der Waals surface area contributed by atoms with Gasteiger partial charge >= 0.3 is 0 Å². The summed E-state index contributed by atoms with van der Waals surface area (Å²) >= 11 is 0. The van der Waals surface area contributed by atoms with Gasteiger partial charge in [-0.05, 0) is 68.2 Å². The SMILES string of the molecule is COc1ccc(N([C@@H](C)C(=O)NCc2ccc(CN3CCCCC3)cc2)S(C)(=O)=O)cc1. The molecule has 2 aromatic carbocycles. The summed E-state index contributed by atoms with van der Waals surface area (Å²) in [5.41, 5.74) is 2.65. The van der Waals surface area contributed by atoms with Crippen molar-refractivity contribution in [3.8, 4) is 5.75 Å². The smallest absolute Gasteiger partial charge is 0.243 e. The van der Waals surface area contributed by atoms with Crippen LogP contribution in [0.2, 0.25) is 0 Å². The van der Waals surface area contributed by atoms with E-state index in [1.807, 2.05) is 12.1 Å². The number of benzene rings is 2. The first kappa shape index (κ1) is 24.1. The van der Waals surface area contributed by atoms with Crippen LogP contribution in [-0.4, -0.2) is 51.7 Å². The Bertz CT molecular complexity index is 985. The van der Waals surface area contributed by atoms with Gasteiger partial charge in [-0.1, -0.05) is 30.7 Å². The summed E-state index contributed by atoms with van der Waals surface area (Å²) in [6.07, 6.45) is 4.96. The van der Waals surface area contributed by atoms with Crippen molar-refractivity contribution in [1.29, 1.82) is 0 Å². The second kappa shape index (κ2) is 10.8. The molecule has 0 aromatic heterocycles. The van der Waals surface area contributed by atoms with Crippen LogP contribution in [0.15, 0.2) is 48.5 Å². The lowest BCUT2D eigenvalue weighted by Gasteiger charge is -2.28. The molecule has 0 saturated carbocycles. The Hall–Kier alpha value is -2.58. The molecule has 1 aliphatic heterocycles. The van der Waals surface area contributed by atoms with Gasteiger partial charge in [-0.3, -0.25) is 14.0 Å². The third kappa shape index (κ3) is 6.46. The fourth-order valence-corrected chi connectivity index (χ4v) is 5.19. The molecule has 0 bridgehead atoms. The molecule has 0 unspecified atom stereocenters. The van der Waals surface area contributed by atoms with Gasteiger partial charge < -0.3 is 10.1 Å². The highest BCUT2D eigenvalue weighted by Crippen LogP contribution is 2.24. The first-order valence-corrected chi connectivity index (χ1v) is 12.8. The minimum absolute atomic E-state index is 0.341. The number of methoxy groups -OCH3 is 1. The molecule has 1 amide bonds. The molecule has 1 atom stereocenters. The van der Waals surface area contributed by atoms with E-state index in [-0.39, 0.29) is 5.91 Å². The van der Waals surface area contributed by atoms with Crippen LogP contribution in [0.25, 0.3) is 0 Å². The first-order valence-electron chi connectivity index (χ1n) is 11.0. The van der Waals surface area contributed by atoms with E-state index < -0.39 is 16.1 Å². The standard InChI is InChI=1S/C24H33N3O4S/c1-19(27(32(3,29)30)22-11-13-23(31-2)14-12-22)24(28)25-17-20-7-9-21(10-8-20)18-26-15-5-4-6-16-26/h7-14,19H,4-6,15-18H2,1-3H3,(H,25,28)/t19-/m0/s1. The first-order chi connectivity index (χ1) is 15.3. The van der Waals surface area contributed by atoms with Crippen LogP contribution in [0.4, 0.5) is 5.69 Å². The normalized spacial score (nSPS) is 15.7. The lowest BCUT2D eigenvalue weighted by Crippen LogP contribution is -2.47. The maximum atomic E-state index is 12.8. The zero-order valence-corrected chi connectivity index (χ0v) is 19.9. The van der Waals surface area contributed by atoms with Gasteiger partial charge in [0.05, 0.1) is 19.1 Å². The number of piperidine rings is 1. The molecule has 1 fully saturated rings. The molecule has 3 rings (SSSR count). The van der Waals surface area contributed by atoms with Gasteiger partial charge in [0, 0.05) is 13.1 Å². The van der Waals surface area contributed by atoms with Crippen molar-refractivity contribution < 1.29 is 17.9 Å². The summed E-state index contributed by atoms with van der Waals surface area (Å²) in [7, 11) is -2.12. The van der Waals surface area contributed by atoms with E-state index in [0.717, 1.165) is 35.8 Å². The molecule has 8 heteroatoms. The number of carbonyl (C=O) groups excluding carboxylic acids is 1. The lowest BCUT2D eigenvalue weighted by atomic mass is 10.1. The van der Waals surface area contributed by atoms with Crippen LogP contribution >= 0.6 is 0 Å². The number of ether oxygens (including phenoxy) is 1. The number of hydrogen-bond donors (Lipinski definition) is 1. The molecule has 32 heavy (non-hydrogen) atoms. The van der Waals surface area contributed by atoms with E-state index in [9.17, 15) is 13.2 Å². The number of sulfonamides is 1. The van der Waals surface area contributed by atoms with Crippen LogP contribution in [0, 0.1) is 0 Å². The van der Waals surface area contributed by atoms with Gasteiger partial charge in [-0.25, -0.2) is 8.42 Å². The highest BCUT2D eigenvalue weighted by Gasteiger charge is 2.29. The maximum Gasteiger partial charge on any atom is 0.243 e. The molecule has 174 valence electrons. The monoisotopic (exact) mass is 459 g/mol. The molecule has 1 heterocycles. The lowest BCUT2D eigenvalue weighted by molar-refractivity contribution is -0.122. The second-order valence-corrected chi connectivity index (χ2v) is 10.2. The summed E-state index contributed by atoms with van der Waals surface area (Å²) in [5.74, 6) is 0.256. The Morgan fingerprint density at radius 1 is 1.03 bits per heavy atom. The number of nitrogens with zero attached hydrogens (tertiary/aromatic N) is 2. The van der Waals surface area contributed by atoms with Gasteiger partial charge in [0.25, 0.3) is 0 Å². The predicted octanol–water partition coefficient (Wildman–Crippen LogP) is 3.15. The van der Waals surface area contributed by atoms with E-state index >= 15 is 0 Å². The molecule has 0 spiro atoms. The summed E-state index contributed by atoms with van der Waals surface area (Å²) in [6.45, 7) is 5.19. The van der Waals surface area contributed by atoms with Crippen LogP contribution in [-0.2, 0) is 27.9 Å². The molecule has 1 saturated heterocycles. The second-order valence-electron chi connectivity index (χ2n) is 8.30. The fraction of sp³-hybridized carbons (Fsp3) is 0.458. The number of amides is 1. The summed E-state index contributed by atoms with van der Waals surface area (Å²) in [4.78, 5) is 15.3. The van der Waals surface area contributed by atoms with Gasteiger partial charge in [0.1, 0.15) is 11.8 Å². The maximum absolute atomic E-state index is 12.8. The molecule has 2 aromatic rings.